The zero-order valence-corrected chi connectivity index (χ0v) is 12.7. The molecule has 0 aliphatic carbocycles. The molecule has 2 aromatic rings. The third-order valence-corrected chi connectivity index (χ3v) is 3.34. The van der Waals surface area contributed by atoms with Crippen molar-refractivity contribution in [3.63, 3.8) is 0 Å². The smallest absolute Gasteiger partial charge is 0.125 e. The number of ether oxygens (including phenoxy) is 1. The maximum atomic E-state index is 6.00. The van der Waals surface area contributed by atoms with Gasteiger partial charge in [0.2, 0.25) is 0 Å². The highest BCUT2D eigenvalue weighted by molar-refractivity contribution is 6.30. The Balaban J connectivity index is 2.16. The van der Waals surface area contributed by atoms with E-state index in [4.69, 9.17) is 22.1 Å². The SMILES string of the molecule is Cc1cccc(CC(C)N)c1OCc1cccc(Cl)c1. The van der Waals surface area contributed by atoms with Crippen LogP contribution in [0.1, 0.15) is 23.6 Å². The highest BCUT2D eigenvalue weighted by atomic mass is 35.5. The van der Waals surface area contributed by atoms with Gasteiger partial charge < -0.3 is 10.5 Å². The van der Waals surface area contributed by atoms with Crippen LogP contribution in [0.25, 0.3) is 0 Å². The van der Waals surface area contributed by atoms with E-state index in [9.17, 15) is 0 Å². The van der Waals surface area contributed by atoms with Crippen LogP contribution in [0.2, 0.25) is 5.02 Å². The van der Waals surface area contributed by atoms with E-state index in [1.165, 1.54) is 0 Å². The van der Waals surface area contributed by atoms with Gasteiger partial charge in [0.15, 0.2) is 0 Å². The molecule has 0 saturated carbocycles. The molecule has 2 N–H and O–H groups in total. The Bertz CT molecular complexity index is 581. The predicted molar refractivity (Wildman–Crippen MR) is 84.3 cm³/mol. The Morgan fingerprint density at radius 3 is 2.65 bits per heavy atom. The van der Waals surface area contributed by atoms with Crippen molar-refractivity contribution in [2.75, 3.05) is 0 Å². The third-order valence-electron chi connectivity index (χ3n) is 3.11. The molecule has 0 fully saturated rings. The minimum absolute atomic E-state index is 0.116. The number of aryl methyl sites for hydroxylation is 1. The summed E-state index contributed by atoms with van der Waals surface area (Å²) in [6.07, 6.45) is 0.812. The summed E-state index contributed by atoms with van der Waals surface area (Å²) in [7, 11) is 0. The van der Waals surface area contributed by atoms with Crippen LogP contribution in [-0.2, 0) is 13.0 Å². The molecular formula is C17H20ClNO. The zero-order chi connectivity index (χ0) is 14.5. The Hall–Kier alpha value is -1.51. The van der Waals surface area contributed by atoms with Crippen LogP contribution in [0.15, 0.2) is 42.5 Å². The minimum atomic E-state index is 0.116. The Kier molecular flexibility index (Phi) is 5.05. The molecule has 0 saturated heterocycles. The number of benzene rings is 2. The lowest BCUT2D eigenvalue weighted by atomic mass is 10.0. The zero-order valence-electron chi connectivity index (χ0n) is 11.9. The van der Waals surface area contributed by atoms with Gasteiger partial charge in [0.25, 0.3) is 0 Å². The lowest BCUT2D eigenvalue weighted by Gasteiger charge is -2.15. The average molecular weight is 290 g/mol. The summed E-state index contributed by atoms with van der Waals surface area (Å²) in [5.74, 6) is 0.935. The number of nitrogens with two attached hydrogens (primary N) is 1. The van der Waals surface area contributed by atoms with Crippen molar-refractivity contribution in [2.24, 2.45) is 5.73 Å². The maximum Gasteiger partial charge on any atom is 0.125 e. The molecule has 0 radical (unpaired) electrons. The van der Waals surface area contributed by atoms with E-state index in [1.807, 2.05) is 37.3 Å². The monoisotopic (exact) mass is 289 g/mol. The number of rotatable bonds is 5. The van der Waals surface area contributed by atoms with Gasteiger partial charge in [0, 0.05) is 11.1 Å². The van der Waals surface area contributed by atoms with E-state index in [2.05, 4.69) is 19.1 Å². The van der Waals surface area contributed by atoms with Crippen molar-refractivity contribution in [1.82, 2.24) is 0 Å². The summed E-state index contributed by atoms with van der Waals surface area (Å²) in [5.41, 5.74) is 9.24. The van der Waals surface area contributed by atoms with Gasteiger partial charge in [-0.3, -0.25) is 0 Å². The molecule has 0 aromatic heterocycles. The number of halogens is 1. The van der Waals surface area contributed by atoms with Crippen LogP contribution in [-0.4, -0.2) is 6.04 Å². The lowest BCUT2D eigenvalue weighted by molar-refractivity contribution is 0.300. The van der Waals surface area contributed by atoms with E-state index >= 15 is 0 Å². The Morgan fingerprint density at radius 2 is 1.95 bits per heavy atom. The van der Waals surface area contributed by atoms with E-state index in [-0.39, 0.29) is 6.04 Å². The topological polar surface area (TPSA) is 35.2 Å². The molecular weight excluding hydrogens is 270 g/mol. The number of hydrogen-bond acceptors (Lipinski definition) is 2. The molecule has 1 atom stereocenters. The van der Waals surface area contributed by atoms with E-state index in [0.29, 0.717) is 6.61 Å². The van der Waals surface area contributed by atoms with Gasteiger partial charge in [-0.1, -0.05) is 41.9 Å². The fraction of sp³-hybridized carbons (Fsp3) is 0.294. The van der Waals surface area contributed by atoms with Crippen molar-refractivity contribution in [3.05, 3.63) is 64.2 Å². The Labute approximate surface area is 125 Å². The van der Waals surface area contributed by atoms with Gasteiger partial charge in [-0.25, -0.2) is 0 Å². The molecule has 0 bridgehead atoms. The lowest BCUT2D eigenvalue weighted by Crippen LogP contribution is -2.18. The Morgan fingerprint density at radius 1 is 1.20 bits per heavy atom. The molecule has 2 nitrogen and oxygen atoms in total. The van der Waals surface area contributed by atoms with Crippen LogP contribution < -0.4 is 10.5 Å². The van der Waals surface area contributed by atoms with E-state index < -0.39 is 0 Å². The molecule has 0 aliphatic heterocycles. The normalized spacial score (nSPS) is 12.2. The van der Waals surface area contributed by atoms with Crippen molar-refractivity contribution in [3.8, 4) is 5.75 Å². The van der Waals surface area contributed by atoms with Crippen molar-refractivity contribution >= 4 is 11.6 Å². The third kappa shape index (κ3) is 3.99. The fourth-order valence-electron chi connectivity index (χ4n) is 2.21. The van der Waals surface area contributed by atoms with Crippen molar-refractivity contribution in [1.29, 1.82) is 0 Å². The molecule has 0 aliphatic rings. The molecule has 0 heterocycles. The largest absolute Gasteiger partial charge is 0.488 e. The summed E-state index contributed by atoms with van der Waals surface area (Å²) in [6.45, 7) is 4.57. The first-order chi connectivity index (χ1) is 9.56. The van der Waals surface area contributed by atoms with Gasteiger partial charge in [0.1, 0.15) is 12.4 Å². The second-order valence-corrected chi connectivity index (χ2v) is 5.60. The van der Waals surface area contributed by atoms with Gasteiger partial charge in [-0.2, -0.15) is 0 Å². The molecule has 2 aromatic carbocycles. The molecule has 106 valence electrons. The van der Waals surface area contributed by atoms with Crippen LogP contribution in [0, 0.1) is 6.92 Å². The maximum absolute atomic E-state index is 6.00. The summed E-state index contributed by atoms with van der Waals surface area (Å²) < 4.78 is 6.00. The highest BCUT2D eigenvalue weighted by Crippen LogP contribution is 2.25. The first-order valence-electron chi connectivity index (χ1n) is 6.77. The van der Waals surface area contributed by atoms with Crippen LogP contribution >= 0.6 is 11.6 Å². The highest BCUT2D eigenvalue weighted by Gasteiger charge is 2.09. The molecule has 0 amide bonds. The van der Waals surface area contributed by atoms with Gasteiger partial charge in [0.05, 0.1) is 0 Å². The molecule has 1 unspecified atom stereocenters. The molecule has 20 heavy (non-hydrogen) atoms. The van der Waals surface area contributed by atoms with Crippen molar-refractivity contribution < 1.29 is 4.74 Å². The standard InChI is InChI=1S/C17H20ClNO/c1-12-5-3-7-15(9-13(2)19)17(12)20-11-14-6-4-8-16(18)10-14/h3-8,10,13H,9,11,19H2,1-2H3. The van der Waals surface area contributed by atoms with Gasteiger partial charge in [-0.15, -0.1) is 0 Å². The minimum Gasteiger partial charge on any atom is -0.488 e. The van der Waals surface area contributed by atoms with Crippen molar-refractivity contribution in [2.45, 2.75) is 32.9 Å². The van der Waals surface area contributed by atoms with Crippen LogP contribution in [0.3, 0.4) is 0 Å². The van der Waals surface area contributed by atoms with Crippen LogP contribution in [0.5, 0.6) is 5.75 Å². The second-order valence-electron chi connectivity index (χ2n) is 5.16. The van der Waals surface area contributed by atoms with Gasteiger partial charge in [-0.05, 0) is 49.1 Å². The summed E-state index contributed by atoms with van der Waals surface area (Å²) in [4.78, 5) is 0. The number of para-hydroxylation sites is 1. The van der Waals surface area contributed by atoms with Crippen LogP contribution in [0.4, 0.5) is 0 Å². The first-order valence-corrected chi connectivity index (χ1v) is 7.15. The number of hydrogen-bond donors (Lipinski definition) is 1. The van der Waals surface area contributed by atoms with E-state index in [0.717, 1.165) is 33.9 Å². The summed E-state index contributed by atoms with van der Waals surface area (Å²) >= 11 is 5.99. The predicted octanol–water partition coefficient (Wildman–Crippen LogP) is 4.12. The molecule has 0 spiro atoms. The quantitative estimate of drug-likeness (QED) is 0.899. The fourth-order valence-corrected chi connectivity index (χ4v) is 2.42. The second kappa shape index (κ2) is 6.78. The summed E-state index contributed by atoms with van der Waals surface area (Å²) in [5, 5.41) is 0.728. The van der Waals surface area contributed by atoms with Gasteiger partial charge >= 0.3 is 0 Å². The first kappa shape index (κ1) is 14.9. The molecule has 3 heteroatoms. The van der Waals surface area contributed by atoms with E-state index in [1.54, 1.807) is 0 Å². The average Bonchev–Trinajstić information content (AvgIpc) is 2.37. The summed E-state index contributed by atoms with van der Waals surface area (Å²) in [6, 6.07) is 14.0. The molecule has 2 rings (SSSR count).